The lowest BCUT2D eigenvalue weighted by atomic mass is 9.91. The zero-order valence-corrected chi connectivity index (χ0v) is 10.8. The number of piperidine rings is 1. The topological polar surface area (TPSA) is 38.5 Å². The van der Waals surface area contributed by atoms with Crippen molar-refractivity contribution in [1.29, 1.82) is 0 Å². The van der Waals surface area contributed by atoms with Gasteiger partial charge in [-0.05, 0) is 45.7 Å². The van der Waals surface area contributed by atoms with Crippen molar-refractivity contribution in [2.24, 2.45) is 11.7 Å². The highest BCUT2D eigenvalue weighted by Gasteiger charge is 2.21. The van der Waals surface area contributed by atoms with Crippen molar-refractivity contribution < 1.29 is 4.74 Å². The zero-order chi connectivity index (χ0) is 10.4. The molecule has 0 spiro atoms. The minimum absolute atomic E-state index is 0. The van der Waals surface area contributed by atoms with E-state index in [1.807, 2.05) is 6.92 Å². The molecule has 1 heterocycles. The van der Waals surface area contributed by atoms with E-state index in [1.165, 1.54) is 25.9 Å². The molecule has 15 heavy (non-hydrogen) atoms. The lowest BCUT2D eigenvalue weighted by Crippen LogP contribution is -2.40. The van der Waals surface area contributed by atoms with Crippen LogP contribution >= 0.6 is 12.4 Å². The third-order valence-corrected chi connectivity index (χ3v) is 3.13. The molecule has 1 atom stereocenters. The first-order valence-electron chi connectivity index (χ1n) is 5.79. The van der Waals surface area contributed by atoms with E-state index in [0.29, 0.717) is 6.04 Å². The van der Waals surface area contributed by atoms with Crippen LogP contribution < -0.4 is 5.73 Å². The van der Waals surface area contributed by atoms with E-state index in [1.54, 1.807) is 0 Å². The average Bonchev–Trinajstić information content (AvgIpc) is 2.19. The summed E-state index contributed by atoms with van der Waals surface area (Å²) in [6.45, 7) is 9.34. The second-order valence-electron chi connectivity index (χ2n) is 4.24. The first-order valence-corrected chi connectivity index (χ1v) is 5.79. The Labute approximate surface area is 99.7 Å². The maximum absolute atomic E-state index is 5.89. The van der Waals surface area contributed by atoms with Crippen molar-refractivity contribution >= 4 is 12.4 Å². The molecule has 0 radical (unpaired) electrons. The molecule has 0 aromatic carbocycles. The minimum atomic E-state index is 0. The maximum Gasteiger partial charge on any atom is 0.0593 e. The molecule has 92 valence electrons. The van der Waals surface area contributed by atoms with Crippen molar-refractivity contribution in [3.63, 3.8) is 0 Å². The Balaban J connectivity index is 0.00000196. The van der Waals surface area contributed by atoms with Crippen molar-refractivity contribution in [3.8, 4) is 0 Å². The van der Waals surface area contributed by atoms with Crippen LogP contribution in [-0.4, -0.2) is 43.8 Å². The lowest BCUT2D eigenvalue weighted by Gasteiger charge is -2.33. The maximum atomic E-state index is 5.89. The SMILES string of the molecule is CCOCCN1CCC(C(C)N)CC1.Cl. The van der Waals surface area contributed by atoms with Gasteiger partial charge >= 0.3 is 0 Å². The molecule has 4 heteroatoms. The predicted octanol–water partition coefficient (Wildman–Crippen LogP) is 1.50. The normalized spacial score (nSPS) is 21.0. The van der Waals surface area contributed by atoms with Gasteiger partial charge in [-0.15, -0.1) is 12.4 Å². The van der Waals surface area contributed by atoms with Crippen LogP contribution in [0.25, 0.3) is 0 Å². The summed E-state index contributed by atoms with van der Waals surface area (Å²) in [6.07, 6.45) is 2.51. The van der Waals surface area contributed by atoms with Crippen LogP contribution in [0.15, 0.2) is 0 Å². The van der Waals surface area contributed by atoms with Crippen LogP contribution in [0.3, 0.4) is 0 Å². The number of nitrogens with two attached hydrogens (primary N) is 1. The summed E-state index contributed by atoms with van der Waals surface area (Å²) in [4.78, 5) is 2.48. The third kappa shape index (κ3) is 5.71. The van der Waals surface area contributed by atoms with Crippen LogP contribution in [-0.2, 0) is 4.74 Å². The number of rotatable bonds is 5. The Hall–Kier alpha value is 0.170. The number of hydrogen-bond acceptors (Lipinski definition) is 3. The molecule has 0 aromatic heterocycles. The van der Waals surface area contributed by atoms with E-state index in [4.69, 9.17) is 10.5 Å². The molecule has 0 aliphatic carbocycles. The lowest BCUT2D eigenvalue weighted by molar-refractivity contribution is 0.0931. The van der Waals surface area contributed by atoms with E-state index in [0.717, 1.165) is 25.7 Å². The Morgan fingerprint density at radius 2 is 2.00 bits per heavy atom. The molecule has 0 aromatic rings. The summed E-state index contributed by atoms with van der Waals surface area (Å²) in [5, 5.41) is 0. The summed E-state index contributed by atoms with van der Waals surface area (Å²) in [5.41, 5.74) is 5.89. The van der Waals surface area contributed by atoms with Crippen LogP contribution in [0.5, 0.6) is 0 Å². The van der Waals surface area contributed by atoms with Gasteiger partial charge in [0, 0.05) is 19.2 Å². The molecule has 1 aliphatic rings. The van der Waals surface area contributed by atoms with Gasteiger partial charge in [0.25, 0.3) is 0 Å². The highest BCUT2D eigenvalue weighted by atomic mass is 35.5. The largest absolute Gasteiger partial charge is 0.380 e. The Bertz CT molecular complexity index is 148. The minimum Gasteiger partial charge on any atom is -0.380 e. The Morgan fingerprint density at radius 1 is 1.40 bits per heavy atom. The van der Waals surface area contributed by atoms with Gasteiger partial charge in [-0.25, -0.2) is 0 Å². The van der Waals surface area contributed by atoms with Gasteiger partial charge < -0.3 is 15.4 Å². The molecular weight excluding hydrogens is 212 g/mol. The van der Waals surface area contributed by atoms with Gasteiger partial charge in [-0.1, -0.05) is 0 Å². The fourth-order valence-electron chi connectivity index (χ4n) is 2.04. The van der Waals surface area contributed by atoms with Gasteiger partial charge in [-0.3, -0.25) is 0 Å². The third-order valence-electron chi connectivity index (χ3n) is 3.13. The van der Waals surface area contributed by atoms with E-state index < -0.39 is 0 Å². The second-order valence-corrected chi connectivity index (χ2v) is 4.24. The molecule has 0 saturated carbocycles. The first-order chi connectivity index (χ1) is 6.74. The molecule has 0 bridgehead atoms. The van der Waals surface area contributed by atoms with Gasteiger partial charge in [0.15, 0.2) is 0 Å². The number of nitrogens with zero attached hydrogens (tertiary/aromatic N) is 1. The molecule has 1 saturated heterocycles. The molecular formula is C11H25ClN2O. The number of hydrogen-bond donors (Lipinski definition) is 1. The smallest absolute Gasteiger partial charge is 0.0593 e. The summed E-state index contributed by atoms with van der Waals surface area (Å²) in [7, 11) is 0. The van der Waals surface area contributed by atoms with Gasteiger partial charge in [0.1, 0.15) is 0 Å². The Kier molecular flexibility index (Phi) is 8.43. The summed E-state index contributed by atoms with van der Waals surface area (Å²) >= 11 is 0. The zero-order valence-electron chi connectivity index (χ0n) is 9.95. The van der Waals surface area contributed by atoms with Crippen LogP contribution in [0.4, 0.5) is 0 Å². The summed E-state index contributed by atoms with van der Waals surface area (Å²) < 4.78 is 5.34. The van der Waals surface area contributed by atoms with E-state index in [2.05, 4.69) is 11.8 Å². The van der Waals surface area contributed by atoms with E-state index in [-0.39, 0.29) is 12.4 Å². The second kappa shape index (κ2) is 8.34. The Morgan fingerprint density at radius 3 is 2.47 bits per heavy atom. The van der Waals surface area contributed by atoms with Gasteiger partial charge in [0.05, 0.1) is 6.61 Å². The van der Waals surface area contributed by atoms with E-state index >= 15 is 0 Å². The van der Waals surface area contributed by atoms with Crippen LogP contribution in [0.2, 0.25) is 0 Å². The number of halogens is 1. The molecule has 1 unspecified atom stereocenters. The van der Waals surface area contributed by atoms with Gasteiger partial charge in [0.2, 0.25) is 0 Å². The quantitative estimate of drug-likeness (QED) is 0.736. The fourth-order valence-corrected chi connectivity index (χ4v) is 2.04. The van der Waals surface area contributed by atoms with Crippen molar-refractivity contribution in [2.75, 3.05) is 32.8 Å². The molecule has 2 N–H and O–H groups in total. The molecule has 3 nitrogen and oxygen atoms in total. The van der Waals surface area contributed by atoms with Crippen molar-refractivity contribution in [1.82, 2.24) is 4.90 Å². The fraction of sp³-hybridized carbons (Fsp3) is 1.00. The van der Waals surface area contributed by atoms with Gasteiger partial charge in [-0.2, -0.15) is 0 Å². The highest BCUT2D eigenvalue weighted by molar-refractivity contribution is 5.85. The van der Waals surface area contributed by atoms with E-state index in [9.17, 15) is 0 Å². The number of likely N-dealkylation sites (tertiary alicyclic amines) is 1. The first kappa shape index (κ1) is 15.2. The van der Waals surface area contributed by atoms with Crippen LogP contribution in [0.1, 0.15) is 26.7 Å². The standard InChI is InChI=1S/C11H24N2O.ClH/c1-3-14-9-8-13-6-4-11(5-7-13)10(2)12;/h10-11H,3-9,12H2,1-2H3;1H. The average molecular weight is 237 g/mol. The summed E-state index contributed by atoms with van der Waals surface area (Å²) in [5.74, 6) is 0.735. The highest BCUT2D eigenvalue weighted by Crippen LogP contribution is 2.18. The molecule has 0 amide bonds. The predicted molar refractivity (Wildman–Crippen MR) is 66.6 cm³/mol. The van der Waals surface area contributed by atoms with Crippen molar-refractivity contribution in [3.05, 3.63) is 0 Å². The molecule has 1 aliphatic heterocycles. The number of ether oxygens (including phenoxy) is 1. The molecule has 1 rings (SSSR count). The molecule has 1 fully saturated rings. The summed E-state index contributed by atoms with van der Waals surface area (Å²) in [6, 6.07) is 0.365. The van der Waals surface area contributed by atoms with Crippen molar-refractivity contribution in [2.45, 2.75) is 32.7 Å². The monoisotopic (exact) mass is 236 g/mol. The van der Waals surface area contributed by atoms with Crippen LogP contribution in [0, 0.1) is 5.92 Å².